The van der Waals surface area contributed by atoms with Crippen LogP contribution in [0.15, 0.2) is 11.9 Å². The van der Waals surface area contributed by atoms with E-state index >= 15 is 0 Å². The van der Waals surface area contributed by atoms with E-state index in [1.54, 1.807) is 13.1 Å². The van der Waals surface area contributed by atoms with Crippen LogP contribution < -0.4 is 16.9 Å². The minimum absolute atomic E-state index is 0.286. The fourth-order valence-electron chi connectivity index (χ4n) is 1.77. The van der Waals surface area contributed by atoms with Crippen LogP contribution in [0, 0.1) is 5.92 Å². The van der Waals surface area contributed by atoms with E-state index in [1.807, 2.05) is 0 Å². The first-order chi connectivity index (χ1) is 7.52. The highest BCUT2D eigenvalue weighted by Crippen LogP contribution is 2.27. The van der Waals surface area contributed by atoms with E-state index in [9.17, 15) is 4.79 Å². The van der Waals surface area contributed by atoms with Crippen molar-refractivity contribution in [3.8, 4) is 0 Å². The first-order valence-electron chi connectivity index (χ1n) is 5.39. The van der Waals surface area contributed by atoms with Crippen molar-refractivity contribution < 1.29 is 9.90 Å². The Morgan fingerprint density at radius 3 is 2.81 bits per heavy atom. The quantitative estimate of drug-likeness (QED) is 0.261. The number of aliphatic hydroxyl groups is 1. The monoisotopic (exact) mass is 228 g/mol. The van der Waals surface area contributed by atoms with Gasteiger partial charge in [0.15, 0.2) is 0 Å². The lowest BCUT2D eigenvalue weighted by Crippen LogP contribution is -2.45. The first-order valence-corrected chi connectivity index (χ1v) is 5.39. The molecule has 16 heavy (non-hydrogen) atoms. The van der Waals surface area contributed by atoms with Gasteiger partial charge in [0.2, 0.25) is 6.41 Å². The number of nitrogens with two attached hydrogens (primary N) is 2. The van der Waals surface area contributed by atoms with Crippen LogP contribution in [0.5, 0.6) is 0 Å². The molecule has 0 aromatic heterocycles. The highest BCUT2D eigenvalue weighted by atomic mass is 16.3. The molecule has 1 unspecified atom stereocenters. The molecule has 1 saturated carbocycles. The fraction of sp³-hybridized carbons (Fsp3) is 0.700. The van der Waals surface area contributed by atoms with E-state index in [2.05, 4.69) is 5.32 Å². The number of amides is 1. The topological polar surface area (TPSA) is 105 Å². The molecule has 1 fully saturated rings. The molecule has 1 rings (SSSR count). The lowest BCUT2D eigenvalue weighted by Gasteiger charge is -2.36. The molecule has 0 radical (unpaired) electrons. The normalized spacial score (nSPS) is 26.8. The number of aliphatic hydroxyl groups excluding tert-OH is 1. The van der Waals surface area contributed by atoms with Gasteiger partial charge in [-0.15, -0.1) is 0 Å². The van der Waals surface area contributed by atoms with Gasteiger partial charge in [-0.05, 0) is 25.7 Å². The van der Waals surface area contributed by atoms with E-state index in [0.29, 0.717) is 18.2 Å². The standard InChI is InChI=1S/C10H20N4O2/c1-7(16)10(11)5-14(12)4-8-2-9(3-8)13-6-15/h5-9,16H,2-4,11-12H2,1H3,(H,13,15)/b10-5-. The maximum atomic E-state index is 10.2. The summed E-state index contributed by atoms with van der Waals surface area (Å²) in [6, 6.07) is 0.286. The number of hydrazine groups is 1. The van der Waals surface area contributed by atoms with E-state index in [0.717, 1.165) is 19.3 Å². The lowest BCUT2D eigenvalue weighted by molar-refractivity contribution is -0.110. The van der Waals surface area contributed by atoms with Gasteiger partial charge in [-0.25, -0.2) is 5.84 Å². The maximum Gasteiger partial charge on any atom is 0.207 e. The maximum absolute atomic E-state index is 10.2. The Hall–Kier alpha value is -1.27. The van der Waals surface area contributed by atoms with Crippen molar-refractivity contribution in [1.82, 2.24) is 10.3 Å². The van der Waals surface area contributed by atoms with Gasteiger partial charge in [0, 0.05) is 18.8 Å². The summed E-state index contributed by atoms with van der Waals surface area (Å²) in [7, 11) is 0. The number of rotatable bonds is 6. The zero-order chi connectivity index (χ0) is 12.1. The Bertz CT molecular complexity index is 262. The van der Waals surface area contributed by atoms with Crippen molar-refractivity contribution in [2.75, 3.05) is 6.54 Å². The molecule has 92 valence electrons. The van der Waals surface area contributed by atoms with Gasteiger partial charge >= 0.3 is 0 Å². The van der Waals surface area contributed by atoms with Gasteiger partial charge in [0.1, 0.15) is 0 Å². The number of carbonyl (C=O) groups is 1. The molecule has 0 aliphatic heterocycles. The lowest BCUT2D eigenvalue weighted by atomic mass is 9.80. The van der Waals surface area contributed by atoms with Crippen molar-refractivity contribution in [3.63, 3.8) is 0 Å². The third-order valence-corrected chi connectivity index (χ3v) is 2.81. The molecule has 0 aromatic carbocycles. The molecule has 0 aromatic rings. The van der Waals surface area contributed by atoms with Crippen molar-refractivity contribution in [2.24, 2.45) is 17.5 Å². The summed E-state index contributed by atoms with van der Waals surface area (Å²) in [6.45, 7) is 2.28. The highest BCUT2D eigenvalue weighted by molar-refractivity contribution is 5.46. The number of hydrogen-bond acceptors (Lipinski definition) is 5. The molecule has 1 aliphatic rings. The Balaban J connectivity index is 2.24. The summed E-state index contributed by atoms with van der Waals surface area (Å²) in [5.74, 6) is 6.19. The molecule has 0 bridgehead atoms. The largest absolute Gasteiger partial charge is 0.399 e. The fourth-order valence-corrected chi connectivity index (χ4v) is 1.77. The summed E-state index contributed by atoms with van der Waals surface area (Å²) < 4.78 is 0. The minimum atomic E-state index is -0.683. The number of nitrogens with one attached hydrogen (secondary N) is 1. The Morgan fingerprint density at radius 2 is 2.31 bits per heavy atom. The molecule has 6 nitrogen and oxygen atoms in total. The molecular weight excluding hydrogens is 208 g/mol. The molecule has 1 atom stereocenters. The van der Waals surface area contributed by atoms with Crippen LogP contribution in [-0.2, 0) is 4.79 Å². The Morgan fingerprint density at radius 1 is 1.69 bits per heavy atom. The van der Waals surface area contributed by atoms with Crippen molar-refractivity contribution in [1.29, 1.82) is 0 Å². The van der Waals surface area contributed by atoms with Crippen LogP contribution in [0.2, 0.25) is 0 Å². The van der Waals surface area contributed by atoms with Gasteiger partial charge in [-0.1, -0.05) is 0 Å². The van der Waals surface area contributed by atoms with Gasteiger partial charge in [0.05, 0.1) is 11.8 Å². The van der Waals surface area contributed by atoms with Crippen LogP contribution in [0.1, 0.15) is 19.8 Å². The van der Waals surface area contributed by atoms with Crippen molar-refractivity contribution in [2.45, 2.75) is 31.9 Å². The minimum Gasteiger partial charge on any atom is -0.399 e. The van der Waals surface area contributed by atoms with Gasteiger partial charge in [0.25, 0.3) is 0 Å². The summed E-state index contributed by atoms with van der Waals surface area (Å²) >= 11 is 0. The van der Waals surface area contributed by atoms with E-state index in [1.165, 1.54) is 5.01 Å². The van der Waals surface area contributed by atoms with Crippen LogP contribution in [-0.4, -0.2) is 35.2 Å². The van der Waals surface area contributed by atoms with Crippen LogP contribution in [0.4, 0.5) is 0 Å². The zero-order valence-corrected chi connectivity index (χ0v) is 9.47. The average Bonchev–Trinajstić information content (AvgIpc) is 2.14. The molecule has 6 N–H and O–H groups in total. The molecule has 0 saturated heterocycles. The Labute approximate surface area is 95.2 Å². The summed E-state index contributed by atoms with van der Waals surface area (Å²) in [4.78, 5) is 10.2. The molecule has 1 aliphatic carbocycles. The second kappa shape index (κ2) is 5.72. The zero-order valence-electron chi connectivity index (χ0n) is 9.47. The van der Waals surface area contributed by atoms with Crippen LogP contribution in [0.3, 0.4) is 0 Å². The average molecular weight is 228 g/mol. The summed E-state index contributed by atoms with van der Waals surface area (Å²) in [5.41, 5.74) is 5.91. The predicted molar refractivity (Wildman–Crippen MR) is 60.6 cm³/mol. The SMILES string of the molecule is CC(O)/C(N)=C/N(N)CC1CC(NC=O)C1. The van der Waals surface area contributed by atoms with Crippen LogP contribution in [0.25, 0.3) is 0 Å². The first kappa shape index (κ1) is 12.8. The third-order valence-electron chi connectivity index (χ3n) is 2.81. The second-order valence-electron chi connectivity index (χ2n) is 4.32. The Kier molecular flexibility index (Phi) is 4.57. The molecule has 1 amide bonds. The number of nitrogens with zero attached hydrogens (tertiary/aromatic N) is 1. The molecule has 0 spiro atoms. The van der Waals surface area contributed by atoms with Gasteiger partial charge < -0.3 is 21.2 Å². The highest BCUT2D eigenvalue weighted by Gasteiger charge is 2.29. The van der Waals surface area contributed by atoms with Crippen LogP contribution >= 0.6 is 0 Å². The summed E-state index contributed by atoms with van der Waals surface area (Å²) in [6.07, 6.45) is 3.47. The van der Waals surface area contributed by atoms with E-state index in [-0.39, 0.29) is 6.04 Å². The van der Waals surface area contributed by atoms with Gasteiger partial charge in [-0.3, -0.25) is 4.79 Å². The van der Waals surface area contributed by atoms with Gasteiger partial charge in [-0.2, -0.15) is 0 Å². The van der Waals surface area contributed by atoms with E-state index < -0.39 is 6.10 Å². The molecule has 6 heteroatoms. The second-order valence-corrected chi connectivity index (χ2v) is 4.32. The van der Waals surface area contributed by atoms with E-state index in [4.69, 9.17) is 16.7 Å². The molecule has 0 heterocycles. The van der Waals surface area contributed by atoms with Crippen molar-refractivity contribution >= 4 is 6.41 Å². The third kappa shape index (κ3) is 3.71. The number of hydrogen-bond donors (Lipinski definition) is 4. The predicted octanol–water partition coefficient (Wildman–Crippen LogP) is -1.13. The smallest absolute Gasteiger partial charge is 0.207 e. The molecular formula is C10H20N4O2. The number of carbonyl (C=O) groups excluding carboxylic acids is 1. The summed E-state index contributed by atoms with van der Waals surface area (Å²) in [5, 5.41) is 13.4. The van der Waals surface area contributed by atoms with Crippen molar-refractivity contribution in [3.05, 3.63) is 11.9 Å².